The molecule has 1 atom stereocenters. The van der Waals surface area contributed by atoms with Gasteiger partial charge in [0.2, 0.25) is 0 Å². The zero-order chi connectivity index (χ0) is 16.5. The molecule has 1 aliphatic rings. The summed E-state index contributed by atoms with van der Waals surface area (Å²) in [6, 6.07) is 3.78. The number of aromatic nitrogens is 4. The van der Waals surface area contributed by atoms with E-state index in [1.165, 1.54) is 11.3 Å². The number of hydrogen-bond acceptors (Lipinski definition) is 4. The van der Waals surface area contributed by atoms with Crippen LogP contribution in [0.3, 0.4) is 0 Å². The molecule has 0 saturated carbocycles. The third-order valence-electron chi connectivity index (χ3n) is 4.58. The Morgan fingerprint density at radius 2 is 2.29 bits per heavy atom. The molecule has 122 valence electrons. The van der Waals surface area contributed by atoms with Crippen LogP contribution in [0.2, 0.25) is 0 Å². The van der Waals surface area contributed by atoms with E-state index < -0.39 is 0 Å². The SMILES string of the molecule is CC1CCc2c(cnc3c(C(=O)NCc4cccnc4)cnn23)C1. The van der Waals surface area contributed by atoms with Gasteiger partial charge in [0.15, 0.2) is 5.65 Å². The van der Waals surface area contributed by atoms with Crippen LogP contribution in [0.15, 0.2) is 36.9 Å². The third kappa shape index (κ3) is 2.64. The van der Waals surface area contributed by atoms with Gasteiger partial charge in [-0.05, 0) is 42.4 Å². The molecule has 3 heterocycles. The van der Waals surface area contributed by atoms with Crippen LogP contribution in [-0.2, 0) is 19.4 Å². The zero-order valence-corrected chi connectivity index (χ0v) is 13.6. The van der Waals surface area contributed by atoms with Crippen molar-refractivity contribution in [1.82, 2.24) is 24.9 Å². The largest absolute Gasteiger partial charge is 0.348 e. The molecule has 6 heteroatoms. The highest BCUT2D eigenvalue weighted by molar-refractivity contribution is 5.99. The Balaban J connectivity index is 1.60. The normalized spacial score (nSPS) is 16.8. The van der Waals surface area contributed by atoms with Crippen LogP contribution in [0.4, 0.5) is 0 Å². The summed E-state index contributed by atoms with van der Waals surface area (Å²) in [6.07, 6.45) is 10.1. The maximum absolute atomic E-state index is 12.5. The van der Waals surface area contributed by atoms with Crippen molar-refractivity contribution in [2.45, 2.75) is 32.7 Å². The number of carbonyl (C=O) groups is 1. The molecule has 1 unspecified atom stereocenters. The van der Waals surface area contributed by atoms with Crippen LogP contribution in [0.5, 0.6) is 0 Å². The summed E-state index contributed by atoms with van der Waals surface area (Å²) in [4.78, 5) is 21.0. The minimum absolute atomic E-state index is 0.162. The number of rotatable bonds is 3. The second-order valence-corrected chi connectivity index (χ2v) is 6.42. The highest BCUT2D eigenvalue weighted by atomic mass is 16.1. The first-order valence-corrected chi connectivity index (χ1v) is 8.24. The summed E-state index contributed by atoms with van der Waals surface area (Å²) in [6.45, 7) is 2.69. The number of hydrogen-bond donors (Lipinski definition) is 1. The predicted molar refractivity (Wildman–Crippen MR) is 89.6 cm³/mol. The van der Waals surface area contributed by atoms with Crippen LogP contribution in [0.25, 0.3) is 5.65 Å². The summed E-state index contributed by atoms with van der Waals surface area (Å²) in [5, 5.41) is 7.32. The minimum Gasteiger partial charge on any atom is -0.348 e. The minimum atomic E-state index is -0.162. The number of nitrogens with one attached hydrogen (secondary N) is 1. The number of carbonyl (C=O) groups excluding carboxylic acids is 1. The van der Waals surface area contributed by atoms with Crippen molar-refractivity contribution in [1.29, 1.82) is 0 Å². The maximum Gasteiger partial charge on any atom is 0.257 e. The van der Waals surface area contributed by atoms with Crippen LogP contribution in [0.1, 0.15) is 40.5 Å². The number of amides is 1. The standard InChI is InChI=1S/C18H19N5O/c1-12-4-5-16-14(7-12)10-20-17-15(11-22-23(16)17)18(24)21-9-13-3-2-6-19-8-13/h2-3,6,8,10-12H,4-5,7,9H2,1H3,(H,21,24). The fraction of sp³-hybridized carbons (Fsp3) is 0.333. The molecule has 3 aromatic rings. The van der Waals surface area contributed by atoms with E-state index in [1.807, 2.05) is 22.8 Å². The Hall–Kier alpha value is -2.76. The first-order chi connectivity index (χ1) is 11.7. The van der Waals surface area contributed by atoms with E-state index in [0.717, 1.165) is 24.8 Å². The van der Waals surface area contributed by atoms with Gasteiger partial charge in [0.25, 0.3) is 5.91 Å². The molecular weight excluding hydrogens is 302 g/mol. The van der Waals surface area contributed by atoms with Gasteiger partial charge < -0.3 is 5.32 Å². The van der Waals surface area contributed by atoms with Gasteiger partial charge in [0.1, 0.15) is 5.56 Å². The first kappa shape index (κ1) is 14.8. The molecule has 1 amide bonds. The Bertz CT molecular complexity index is 887. The molecule has 0 aliphatic heterocycles. The lowest BCUT2D eigenvalue weighted by molar-refractivity contribution is 0.0952. The topological polar surface area (TPSA) is 72.2 Å². The number of nitrogens with zero attached hydrogens (tertiary/aromatic N) is 4. The van der Waals surface area contributed by atoms with Gasteiger partial charge in [-0.1, -0.05) is 13.0 Å². The summed E-state index contributed by atoms with van der Waals surface area (Å²) >= 11 is 0. The zero-order valence-electron chi connectivity index (χ0n) is 13.6. The average molecular weight is 321 g/mol. The van der Waals surface area contributed by atoms with E-state index in [1.54, 1.807) is 18.6 Å². The molecule has 6 nitrogen and oxygen atoms in total. The van der Waals surface area contributed by atoms with Gasteiger partial charge in [-0.25, -0.2) is 9.50 Å². The average Bonchev–Trinajstić information content (AvgIpc) is 3.04. The van der Waals surface area contributed by atoms with Gasteiger partial charge in [-0.3, -0.25) is 9.78 Å². The molecule has 0 radical (unpaired) electrons. The van der Waals surface area contributed by atoms with Gasteiger partial charge in [0.05, 0.1) is 6.20 Å². The lowest BCUT2D eigenvalue weighted by Gasteiger charge is -2.21. The number of fused-ring (bicyclic) bond motifs is 3. The summed E-state index contributed by atoms with van der Waals surface area (Å²) in [7, 11) is 0. The van der Waals surface area contributed by atoms with E-state index in [2.05, 4.69) is 27.3 Å². The Labute approximate surface area is 139 Å². The van der Waals surface area contributed by atoms with E-state index >= 15 is 0 Å². The second-order valence-electron chi connectivity index (χ2n) is 6.42. The molecule has 0 aromatic carbocycles. The van der Waals surface area contributed by atoms with Gasteiger partial charge in [-0.2, -0.15) is 5.10 Å². The Morgan fingerprint density at radius 3 is 3.12 bits per heavy atom. The second kappa shape index (κ2) is 6.03. The van der Waals surface area contributed by atoms with Crippen molar-refractivity contribution in [3.8, 4) is 0 Å². The molecule has 24 heavy (non-hydrogen) atoms. The lowest BCUT2D eigenvalue weighted by Crippen LogP contribution is -2.23. The van der Waals surface area contributed by atoms with E-state index in [0.29, 0.717) is 23.7 Å². The summed E-state index contributed by atoms with van der Waals surface area (Å²) < 4.78 is 1.83. The monoisotopic (exact) mass is 321 g/mol. The van der Waals surface area contributed by atoms with Gasteiger partial charge in [0, 0.05) is 30.8 Å². The molecule has 1 N–H and O–H groups in total. The molecule has 0 fully saturated rings. The predicted octanol–water partition coefficient (Wildman–Crippen LogP) is 2.18. The lowest BCUT2D eigenvalue weighted by atomic mass is 9.89. The van der Waals surface area contributed by atoms with Crippen LogP contribution in [-0.4, -0.2) is 25.5 Å². The van der Waals surface area contributed by atoms with Crippen LogP contribution in [0, 0.1) is 5.92 Å². The molecule has 3 aromatic heterocycles. The van der Waals surface area contributed by atoms with Gasteiger partial charge >= 0.3 is 0 Å². The van der Waals surface area contributed by atoms with Crippen LogP contribution >= 0.6 is 0 Å². The van der Waals surface area contributed by atoms with E-state index in [4.69, 9.17) is 0 Å². The number of aryl methyl sites for hydroxylation is 1. The van der Waals surface area contributed by atoms with E-state index in [-0.39, 0.29) is 5.91 Å². The van der Waals surface area contributed by atoms with Crippen molar-refractivity contribution in [3.05, 3.63) is 59.3 Å². The fourth-order valence-corrected chi connectivity index (χ4v) is 3.25. The highest BCUT2D eigenvalue weighted by Crippen LogP contribution is 2.25. The summed E-state index contributed by atoms with van der Waals surface area (Å²) in [5.74, 6) is 0.514. The smallest absolute Gasteiger partial charge is 0.257 e. The van der Waals surface area contributed by atoms with Crippen molar-refractivity contribution < 1.29 is 4.79 Å². The highest BCUT2D eigenvalue weighted by Gasteiger charge is 2.21. The Kier molecular flexibility index (Phi) is 3.72. The van der Waals surface area contributed by atoms with Crippen molar-refractivity contribution in [2.75, 3.05) is 0 Å². The van der Waals surface area contributed by atoms with E-state index in [9.17, 15) is 4.79 Å². The molecule has 0 spiro atoms. The third-order valence-corrected chi connectivity index (χ3v) is 4.58. The molecule has 4 rings (SSSR count). The molecule has 0 bridgehead atoms. The molecular formula is C18H19N5O. The van der Waals surface area contributed by atoms with Crippen LogP contribution < -0.4 is 5.32 Å². The Morgan fingerprint density at radius 1 is 1.38 bits per heavy atom. The van der Waals surface area contributed by atoms with Crippen molar-refractivity contribution >= 4 is 11.6 Å². The fourth-order valence-electron chi connectivity index (χ4n) is 3.25. The van der Waals surface area contributed by atoms with Gasteiger partial charge in [-0.15, -0.1) is 0 Å². The maximum atomic E-state index is 12.5. The first-order valence-electron chi connectivity index (χ1n) is 8.24. The summed E-state index contributed by atoms with van der Waals surface area (Å²) in [5.41, 5.74) is 4.53. The number of pyridine rings is 1. The van der Waals surface area contributed by atoms with Crippen molar-refractivity contribution in [3.63, 3.8) is 0 Å². The molecule has 0 saturated heterocycles. The molecule has 1 aliphatic carbocycles. The van der Waals surface area contributed by atoms with Crippen molar-refractivity contribution in [2.24, 2.45) is 5.92 Å². The quantitative estimate of drug-likeness (QED) is 0.802.